The lowest BCUT2D eigenvalue weighted by atomic mass is 9.81. The van der Waals surface area contributed by atoms with Gasteiger partial charge in [-0.2, -0.15) is 0 Å². The molecule has 0 N–H and O–H groups in total. The van der Waals surface area contributed by atoms with Gasteiger partial charge in [0.15, 0.2) is 0 Å². The highest BCUT2D eigenvalue weighted by Gasteiger charge is 2.35. The standard InChI is InChI=1S/C40H38N2/c1-25(2)38(31-21-23-35-34-14-10-11-15-36(34)40(6,7)37(35)24-31)42-39(32-13-9-8-12-26(32)3)30-19-17-29(18-20-30)33-22-16-27(4)41-28(33)5/h8-24,38H,1H2,2-7H3. The molecule has 6 rings (SSSR count). The average molecular weight is 547 g/mol. The van der Waals surface area contributed by atoms with E-state index in [0.29, 0.717) is 0 Å². The Labute approximate surface area is 250 Å². The first-order valence-corrected chi connectivity index (χ1v) is 14.7. The van der Waals surface area contributed by atoms with Crippen molar-refractivity contribution in [2.45, 2.75) is 53.0 Å². The second-order valence-corrected chi connectivity index (χ2v) is 12.2. The molecule has 5 aromatic rings. The predicted octanol–water partition coefficient (Wildman–Crippen LogP) is 10.1. The maximum absolute atomic E-state index is 5.51. The lowest BCUT2D eigenvalue weighted by Crippen LogP contribution is -2.15. The summed E-state index contributed by atoms with van der Waals surface area (Å²) in [5.74, 6) is 0. The summed E-state index contributed by atoms with van der Waals surface area (Å²) < 4.78 is 0. The molecule has 2 heteroatoms. The van der Waals surface area contributed by atoms with Crippen LogP contribution in [0.3, 0.4) is 0 Å². The molecule has 0 saturated heterocycles. The van der Waals surface area contributed by atoms with Crippen LogP contribution >= 0.6 is 0 Å². The highest BCUT2D eigenvalue weighted by Crippen LogP contribution is 2.49. The number of nitrogens with zero attached hydrogens (tertiary/aromatic N) is 2. The van der Waals surface area contributed by atoms with Crippen molar-refractivity contribution in [2.75, 3.05) is 0 Å². The van der Waals surface area contributed by atoms with Gasteiger partial charge >= 0.3 is 0 Å². The van der Waals surface area contributed by atoms with E-state index in [9.17, 15) is 0 Å². The third-order valence-electron chi connectivity index (χ3n) is 8.74. The summed E-state index contributed by atoms with van der Waals surface area (Å²) in [4.78, 5) is 10.2. The maximum atomic E-state index is 5.51. The molecular formula is C40H38N2. The molecule has 0 saturated carbocycles. The van der Waals surface area contributed by atoms with Gasteiger partial charge in [-0.1, -0.05) is 123 Å². The number of rotatable bonds is 6. The molecule has 0 radical (unpaired) electrons. The minimum absolute atomic E-state index is 0.0665. The molecule has 0 aliphatic heterocycles. The number of aryl methyl sites for hydroxylation is 3. The third-order valence-corrected chi connectivity index (χ3v) is 8.74. The van der Waals surface area contributed by atoms with Gasteiger partial charge in [0.1, 0.15) is 0 Å². The van der Waals surface area contributed by atoms with Gasteiger partial charge < -0.3 is 0 Å². The SMILES string of the molecule is C=C(C)C(N=C(c1ccc(-c2ccc(C)nc2C)cc1)c1ccccc1C)c1ccc2c(c1)C(C)(C)c1ccccc1-2. The van der Waals surface area contributed by atoms with Crippen LogP contribution in [0.2, 0.25) is 0 Å². The normalized spacial score (nSPS) is 14.3. The fourth-order valence-corrected chi connectivity index (χ4v) is 6.43. The average Bonchev–Trinajstić information content (AvgIpc) is 3.20. The highest BCUT2D eigenvalue weighted by atomic mass is 14.8. The topological polar surface area (TPSA) is 25.2 Å². The number of hydrogen-bond acceptors (Lipinski definition) is 2. The van der Waals surface area contributed by atoms with E-state index in [1.54, 1.807) is 0 Å². The molecule has 42 heavy (non-hydrogen) atoms. The molecule has 0 spiro atoms. The molecular weight excluding hydrogens is 508 g/mol. The van der Waals surface area contributed by atoms with E-state index >= 15 is 0 Å². The van der Waals surface area contributed by atoms with Crippen molar-refractivity contribution in [3.63, 3.8) is 0 Å². The summed E-state index contributed by atoms with van der Waals surface area (Å²) in [5.41, 5.74) is 16.3. The smallest absolute Gasteiger partial charge is 0.0962 e. The Morgan fingerprint density at radius 3 is 2.12 bits per heavy atom. The number of pyridine rings is 1. The van der Waals surface area contributed by atoms with Crippen LogP contribution in [0.4, 0.5) is 0 Å². The van der Waals surface area contributed by atoms with Gasteiger partial charge in [0.2, 0.25) is 0 Å². The van der Waals surface area contributed by atoms with E-state index < -0.39 is 0 Å². The van der Waals surface area contributed by atoms with Crippen LogP contribution in [-0.4, -0.2) is 10.7 Å². The Bertz CT molecular complexity index is 1850. The first-order chi connectivity index (χ1) is 20.1. The van der Waals surface area contributed by atoms with Crippen molar-refractivity contribution in [1.82, 2.24) is 4.98 Å². The molecule has 0 bridgehead atoms. The molecule has 1 aliphatic rings. The zero-order valence-corrected chi connectivity index (χ0v) is 25.5. The molecule has 2 nitrogen and oxygen atoms in total. The summed E-state index contributed by atoms with van der Waals surface area (Å²) in [6, 6.07) is 37.0. The summed E-state index contributed by atoms with van der Waals surface area (Å²) in [5, 5.41) is 0. The number of hydrogen-bond donors (Lipinski definition) is 0. The van der Waals surface area contributed by atoms with Crippen LogP contribution in [0.25, 0.3) is 22.3 Å². The van der Waals surface area contributed by atoms with Crippen LogP contribution in [0.1, 0.15) is 71.6 Å². The monoisotopic (exact) mass is 546 g/mol. The van der Waals surface area contributed by atoms with Gasteiger partial charge in [0, 0.05) is 33.5 Å². The molecule has 1 unspecified atom stereocenters. The summed E-state index contributed by atoms with van der Waals surface area (Å²) >= 11 is 0. The van der Waals surface area contributed by atoms with Crippen LogP contribution in [0.5, 0.6) is 0 Å². The number of benzene rings is 4. The van der Waals surface area contributed by atoms with Gasteiger partial charge in [-0.05, 0) is 72.7 Å². The lowest BCUT2D eigenvalue weighted by molar-refractivity contribution is 0.658. The number of aromatic nitrogens is 1. The van der Waals surface area contributed by atoms with Crippen LogP contribution in [0, 0.1) is 20.8 Å². The fourth-order valence-electron chi connectivity index (χ4n) is 6.43. The van der Waals surface area contributed by atoms with Gasteiger partial charge in [-0.25, -0.2) is 0 Å². The first kappa shape index (κ1) is 27.6. The van der Waals surface area contributed by atoms with E-state index in [4.69, 9.17) is 4.99 Å². The number of aliphatic imine (C=N–C) groups is 1. The van der Waals surface area contributed by atoms with Crippen molar-refractivity contribution >= 4 is 5.71 Å². The quantitative estimate of drug-likeness (QED) is 0.154. The van der Waals surface area contributed by atoms with Crippen molar-refractivity contribution < 1.29 is 0 Å². The molecule has 1 aromatic heterocycles. The highest BCUT2D eigenvalue weighted by molar-refractivity contribution is 6.14. The second-order valence-electron chi connectivity index (χ2n) is 12.2. The van der Waals surface area contributed by atoms with Crippen molar-refractivity contribution in [3.8, 4) is 22.3 Å². The van der Waals surface area contributed by atoms with Crippen molar-refractivity contribution in [1.29, 1.82) is 0 Å². The summed E-state index contributed by atoms with van der Waals surface area (Å²) in [7, 11) is 0. The van der Waals surface area contributed by atoms with E-state index in [1.807, 2.05) is 6.92 Å². The van der Waals surface area contributed by atoms with E-state index in [2.05, 4.69) is 149 Å². The van der Waals surface area contributed by atoms with E-state index in [0.717, 1.165) is 44.9 Å². The van der Waals surface area contributed by atoms with Crippen LogP contribution in [-0.2, 0) is 5.41 Å². The van der Waals surface area contributed by atoms with E-state index in [1.165, 1.54) is 33.4 Å². The van der Waals surface area contributed by atoms with Gasteiger partial charge in [0.05, 0.1) is 11.8 Å². The molecule has 208 valence electrons. The Hall–Kier alpha value is -4.56. The maximum Gasteiger partial charge on any atom is 0.0962 e. The zero-order chi connectivity index (χ0) is 29.6. The van der Waals surface area contributed by atoms with Crippen LogP contribution < -0.4 is 0 Å². The molecule has 0 fully saturated rings. The van der Waals surface area contributed by atoms with Crippen LogP contribution in [0.15, 0.2) is 120 Å². The fraction of sp³-hybridized carbons (Fsp3) is 0.200. The minimum Gasteiger partial charge on any atom is -0.272 e. The minimum atomic E-state index is -0.173. The molecule has 1 atom stereocenters. The second kappa shape index (κ2) is 10.7. The molecule has 4 aromatic carbocycles. The Morgan fingerprint density at radius 1 is 0.738 bits per heavy atom. The molecule has 1 aliphatic carbocycles. The largest absolute Gasteiger partial charge is 0.272 e. The van der Waals surface area contributed by atoms with Gasteiger partial charge in [0.25, 0.3) is 0 Å². The van der Waals surface area contributed by atoms with Crippen molar-refractivity contribution in [2.24, 2.45) is 4.99 Å². The Balaban J connectivity index is 1.47. The Kier molecular flexibility index (Phi) is 7.02. The predicted molar refractivity (Wildman–Crippen MR) is 178 cm³/mol. The zero-order valence-electron chi connectivity index (χ0n) is 25.5. The van der Waals surface area contributed by atoms with Gasteiger partial charge in [-0.15, -0.1) is 0 Å². The summed E-state index contributed by atoms with van der Waals surface area (Å²) in [6.07, 6.45) is 0. The Morgan fingerprint density at radius 2 is 1.40 bits per heavy atom. The van der Waals surface area contributed by atoms with E-state index in [-0.39, 0.29) is 11.5 Å². The third kappa shape index (κ3) is 4.81. The number of fused-ring (bicyclic) bond motifs is 3. The van der Waals surface area contributed by atoms with Gasteiger partial charge in [-0.3, -0.25) is 9.98 Å². The lowest BCUT2D eigenvalue weighted by Gasteiger charge is -2.23. The van der Waals surface area contributed by atoms with Crippen molar-refractivity contribution in [3.05, 3.63) is 160 Å². The first-order valence-electron chi connectivity index (χ1n) is 14.7. The molecule has 1 heterocycles. The summed E-state index contributed by atoms with van der Waals surface area (Å²) in [6.45, 7) is 17.4. The molecule has 0 amide bonds.